The van der Waals surface area contributed by atoms with Crippen molar-refractivity contribution in [3.05, 3.63) is 71.5 Å². The summed E-state index contributed by atoms with van der Waals surface area (Å²) in [5, 5.41) is 2.72. The van der Waals surface area contributed by atoms with Gasteiger partial charge in [-0.1, -0.05) is 48.5 Å². The van der Waals surface area contributed by atoms with Crippen molar-refractivity contribution in [2.45, 2.75) is 19.4 Å². The number of sulfonamides is 1. The number of halogens is 1. The SMILES string of the molecule is CS(=O)(=O)N(CCNC(=O)CCc1ccccc1)Cc1ccccc1F. The number of hydrogen-bond acceptors (Lipinski definition) is 3. The van der Waals surface area contributed by atoms with Gasteiger partial charge in [-0.05, 0) is 18.1 Å². The van der Waals surface area contributed by atoms with Crippen LogP contribution in [0.5, 0.6) is 0 Å². The maximum absolute atomic E-state index is 13.8. The van der Waals surface area contributed by atoms with Gasteiger partial charge >= 0.3 is 0 Å². The summed E-state index contributed by atoms with van der Waals surface area (Å²) >= 11 is 0. The second-order valence-corrected chi connectivity index (χ2v) is 8.01. The lowest BCUT2D eigenvalue weighted by atomic mass is 10.1. The molecule has 0 radical (unpaired) electrons. The molecular weight excluding hydrogens is 355 g/mol. The molecule has 1 N–H and O–H groups in total. The highest BCUT2D eigenvalue weighted by atomic mass is 32.2. The molecule has 0 saturated carbocycles. The van der Waals surface area contributed by atoms with Crippen LogP contribution >= 0.6 is 0 Å². The number of carbonyl (C=O) groups is 1. The standard InChI is InChI=1S/C19H23FN2O3S/c1-26(24,25)22(15-17-9-5-6-10-18(17)20)14-13-21-19(23)12-11-16-7-3-2-4-8-16/h2-10H,11-15H2,1H3,(H,21,23). The van der Waals surface area contributed by atoms with Gasteiger partial charge in [-0.2, -0.15) is 4.31 Å². The molecule has 0 aromatic heterocycles. The van der Waals surface area contributed by atoms with Gasteiger partial charge in [0.1, 0.15) is 5.82 Å². The van der Waals surface area contributed by atoms with Gasteiger partial charge in [-0.15, -0.1) is 0 Å². The molecule has 0 heterocycles. The molecule has 2 rings (SSSR count). The van der Waals surface area contributed by atoms with Gasteiger partial charge in [-0.3, -0.25) is 4.79 Å². The van der Waals surface area contributed by atoms with Crippen molar-refractivity contribution >= 4 is 15.9 Å². The molecule has 1 amide bonds. The lowest BCUT2D eigenvalue weighted by molar-refractivity contribution is -0.121. The highest BCUT2D eigenvalue weighted by Crippen LogP contribution is 2.12. The second kappa shape index (κ2) is 9.45. The fourth-order valence-electron chi connectivity index (χ4n) is 2.49. The number of aryl methyl sites for hydroxylation is 1. The normalized spacial score (nSPS) is 11.5. The van der Waals surface area contributed by atoms with Gasteiger partial charge in [0.25, 0.3) is 0 Å². The predicted molar refractivity (Wildman–Crippen MR) is 99.4 cm³/mol. The third-order valence-corrected chi connectivity index (χ3v) is 5.19. The number of benzene rings is 2. The van der Waals surface area contributed by atoms with Gasteiger partial charge in [0.15, 0.2) is 0 Å². The minimum Gasteiger partial charge on any atom is -0.355 e. The maximum atomic E-state index is 13.8. The highest BCUT2D eigenvalue weighted by molar-refractivity contribution is 7.88. The quantitative estimate of drug-likeness (QED) is 0.728. The molecule has 7 heteroatoms. The van der Waals surface area contributed by atoms with E-state index in [-0.39, 0.29) is 25.5 Å². The fourth-order valence-corrected chi connectivity index (χ4v) is 3.29. The zero-order chi connectivity index (χ0) is 19.0. The summed E-state index contributed by atoms with van der Waals surface area (Å²) in [7, 11) is -3.52. The van der Waals surface area contributed by atoms with Crippen molar-refractivity contribution in [2.75, 3.05) is 19.3 Å². The Kier molecular flexibility index (Phi) is 7.29. The molecule has 0 aliphatic heterocycles. The first kappa shape index (κ1) is 20.1. The van der Waals surface area contributed by atoms with Crippen molar-refractivity contribution in [1.29, 1.82) is 0 Å². The predicted octanol–water partition coefficient (Wildman–Crippen LogP) is 2.34. The maximum Gasteiger partial charge on any atom is 0.220 e. The van der Waals surface area contributed by atoms with Crippen molar-refractivity contribution in [1.82, 2.24) is 9.62 Å². The van der Waals surface area contributed by atoms with Crippen LogP contribution in [-0.4, -0.2) is 38.0 Å². The number of hydrogen-bond donors (Lipinski definition) is 1. The van der Waals surface area contributed by atoms with Crippen molar-refractivity contribution in [3.8, 4) is 0 Å². The molecule has 5 nitrogen and oxygen atoms in total. The lowest BCUT2D eigenvalue weighted by Crippen LogP contribution is -2.37. The zero-order valence-electron chi connectivity index (χ0n) is 14.7. The van der Waals surface area contributed by atoms with E-state index in [0.717, 1.165) is 16.1 Å². The van der Waals surface area contributed by atoms with Crippen molar-refractivity contribution in [2.24, 2.45) is 0 Å². The molecule has 0 aliphatic rings. The zero-order valence-corrected chi connectivity index (χ0v) is 15.5. The Balaban J connectivity index is 1.84. The van der Waals surface area contributed by atoms with Crippen LogP contribution in [0.25, 0.3) is 0 Å². The van der Waals surface area contributed by atoms with Crippen LogP contribution in [0.2, 0.25) is 0 Å². The fraction of sp³-hybridized carbons (Fsp3) is 0.316. The summed E-state index contributed by atoms with van der Waals surface area (Å²) < 4.78 is 38.8. The molecular formula is C19H23FN2O3S. The van der Waals surface area contributed by atoms with Crippen LogP contribution in [0.1, 0.15) is 17.5 Å². The molecule has 0 spiro atoms. The smallest absolute Gasteiger partial charge is 0.220 e. The van der Waals surface area contributed by atoms with Gasteiger partial charge in [0.2, 0.25) is 15.9 Å². The number of amides is 1. The Morgan fingerprint density at radius 2 is 1.73 bits per heavy atom. The van der Waals surface area contributed by atoms with Gasteiger partial charge in [0.05, 0.1) is 6.26 Å². The van der Waals surface area contributed by atoms with E-state index >= 15 is 0 Å². The largest absolute Gasteiger partial charge is 0.355 e. The van der Waals surface area contributed by atoms with Crippen LogP contribution in [0.15, 0.2) is 54.6 Å². The molecule has 0 bridgehead atoms. The molecule has 0 unspecified atom stereocenters. The van der Waals surface area contributed by atoms with Crippen LogP contribution < -0.4 is 5.32 Å². The average molecular weight is 378 g/mol. The molecule has 2 aromatic rings. The van der Waals surface area contributed by atoms with E-state index < -0.39 is 15.8 Å². The van der Waals surface area contributed by atoms with Gasteiger partial charge < -0.3 is 5.32 Å². The Bertz CT molecular complexity index is 826. The first-order valence-electron chi connectivity index (χ1n) is 8.35. The molecule has 0 aliphatic carbocycles. The number of carbonyl (C=O) groups excluding carboxylic acids is 1. The summed E-state index contributed by atoms with van der Waals surface area (Å²) in [5.41, 5.74) is 1.37. The van der Waals surface area contributed by atoms with E-state index in [1.807, 2.05) is 30.3 Å². The third-order valence-electron chi connectivity index (χ3n) is 3.94. The van der Waals surface area contributed by atoms with Crippen LogP contribution in [0, 0.1) is 5.82 Å². The van der Waals surface area contributed by atoms with Crippen molar-refractivity contribution in [3.63, 3.8) is 0 Å². The third kappa shape index (κ3) is 6.57. The Morgan fingerprint density at radius 1 is 1.08 bits per heavy atom. The summed E-state index contributed by atoms with van der Waals surface area (Å²) in [6.07, 6.45) is 2.03. The lowest BCUT2D eigenvalue weighted by Gasteiger charge is -2.20. The summed E-state index contributed by atoms with van der Waals surface area (Å²) in [4.78, 5) is 11.9. The summed E-state index contributed by atoms with van der Waals surface area (Å²) in [6, 6.07) is 15.7. The Morgan fingerprint density at radius 3 is 2.38 bits per heavy atom. The van der Waals surface area contributed by atoms with Crippen LogP contribution in [0.3, 0.4) is 0 Å². The minimum atomic E-state index is -3.52. The Labute approximate surface area is 153 Å². The molecule has 2 aromatic carbocycles. The second-order valence-electron chi connectivity index (χ2n) is 6.02. The molecule has 140 valence electrons. The monoisotopic (exact) mass is 378 g/mol. The van der Waals surface area contributed by atoms with E-state index in [1.54, 1.807) is 18.2 Å². The molecule has 0 atom stereocenters. The number of nitrogens with one attached hydrogen (secondary N) is 1. The molecule has 26 heavy (non-hydrogen) atoms. The Hall–Kier alpha value is -2.25. The average Bonchev–Trinajstić information content (AvgIpc) is 2.61. The number of rotatable bonds is 9. The van der Waals surface area contributed by atoms with Gasteiger partial charge in [-0.25, -0.2) is 12.8 Å². The first-order valence-corrected chi connectivity index (χ1v) is 10.2. The highest BCUT2D eigenvalue weighted by Gasteiger charge is 2.18. The van der Waals surface area contributed by atoms with E-state index in [2.05, 4.69) is 5.32 Å². The molecule has 0 fully saturated rings. The van der Waals surface area contributed by atoms with Crippen LogP contribution in [-0.2, 0) is 27.8 Å². The first-order chi connectivity index (χ1) is 12.4. The van der Waals surface area contributed by atoms with Crippen molar-refractivity contribution < 1.29 is 17.6 Å². The van der Waals surface area contributed by atoms with E-state index in [0.29, 0.717) is 18.4 Å². The van der Waals surface area contributed by atoms with E-state index in [4.69, 9.17) is 0 Å². The summed E-state index contributed by atoms with van der Waals surface area (Å²) in [5.74, 6) is -0.596. The minimum absolute atomic E-state index is 0.0641. The number of nitrogens with zero attached hydrogens (tertiary/aromatic N) is 1. The van der Waals surface area contributed by atoms with Gasteiger partial charge in [0, 0.05) is 31.6 Å². The van der Waals surface area contributed by atoms with E-state index in [9.17, 15) is 17.6 Å². The van der Waals surface area contributed by atoms with E-state index in [1.165, 1.54) is 6.07 Å². The molecule has 0 saturated heterocycles. The topological polar surface area (TPSA) is 66.5 Å². The summed E-state index contributed by atoms with van der Waals surface area (Å²) in [6.45, 7) is 0.199. The van der Waals surface area contributed by atoms with Crippen LogP contribution in [0.4, 0.5) is 4.39 Å².